The van der Waals surface area contributed by atoms with Crippen molar-refractivity contribution in [3.63, 3.8) is 0 Å². The highest BCUT2D eigenvalue weighted by Gasteiger charge is 2.37. The van der Waals surface area contributed by atoms with E-state index in [1.54, 1.807) is 0 Å². The quantitative estimate of drug-likeness (QED) is 0.702. The fourth-order valence-electron chi connectivity index (χ4n) is 1.99. The van der Waals surface area contributed by atoms with Gasteiger partial charge in [-0.25, -0.2) is 0 Å². The third kappa shape index (κ3) is 2.55. The van der Waals surface area contributed by atoms with Crippen LogP contribution in [0.4, 0.5) is 0 Å². The lowest BCUT2D eigenvalue weighted by Crippen LogP contribution is -2.36. The summed E-state index contributed by atoms with van der Waals surface area (Å²) in [5.41, 5.74) is -0.705. The van der Waals surface area contributed by atoms with Crippen LogP contribution in [0.2, 0.25) is 0 Å². The summed E-state index contributed by atoms with van der Waals surface area (Å²) in [6.45, 7) is 0. The number of ether oxygens (including phenoxy) is 1. The van der Waals surface area contributed by atoms with Gasteiger partial charge in [0, 0.05) is 13.0 Å². The molecule has 0 unspecified atom stereocenters. The van der Waals surface area contributed by atoms with Gasteiger partial charge in [0.25, 0.3) is 0 Å². The van der Waals surface area contributed by atoms with E-state index >= 15 is 0 Å². The lowest BCUT2D eigenvalue weighted by molar-refractivity contribution is -0.124. The lowest BCUT2D eigenvalue weighted by Gasteiger charge is -2.32. The van der Waals surface area contributed by atoms with Gasteiger partial charge in [0.05, 0.1) is 18.6 Å². The molecule has 1 aliphatic rings. The molecule has 0 heterocycles. The van der Waals surface area contributed by atoms with Gasteiger partial charge in [0.15, 0.2) is 5.60 Å². The van der Waals surface area contributed by atoms with Crippen molar-refractivity contribution in [2.75, 3.05) is 7.11 Å². The van der Waals surface area contributed by atoms with Gasteiger partial charge >= 0.3 is 0 Å². The van der Waals surface area contributed by atoms with Crippen LogP contribution in [0.15, 0.2) is 0 Å². The Labute approximate surface area is 89.4 Å². The highest BCUT2D eigenvalue weighted by Crippen LogP contribution is 2.34. The number of methoxy groups -OCH3 is 1. The van der Waals surface area contributed by atoms with Gasteiger partial charge in [-0.3, -0.25) is 4.79 Å². The normalized spacial score (nSPS) is 30.2. The van der Waals surface area contributed by atoms with Gasteiger partial charge in [-0.2, -0.15) is 10.5 Å². The first-order valence-electron chi connectivity index (χ1n) is 5.03. The van der Waals surface area contributed by atoms with Crippen molar-refractivity contribution >= 4 is 5.78 Å². The maximum absolute atomic E-state index is 11.4. The average molecular weight is 206 g/mol. The monoisotopic (exact) mass is 206 g/mol. The molecule has 0 radical (unpaired) electrons. The molecule has 0 atom stereocenters. The van der Waals surface area contributed by atoms with Crippen molar-refractivity contribution in [3.8, 4) is 12.1 Å². The summed E-state index contributed by atoms with van der Waals surface area (Å²) >= 11 is 0. The molecule has 0 aromatic carbocycles. The molecule has 4 heteroatoms. The molecule has 4 nitrogen and oxygen atoms in total. The Morgan fingerprint density at radius 2 is 2.07 bits per heavy atom. The number of carbonyl (C=O) groups is 1. The van der Waals surface area contributed by atoms with E-state index in [0.717, 1.165) is 0 Å². The first-order valence-corrected chi connectivity index (χ1v) is 5.03. The van der Waals surface area contributed by atoms with Crippen molar-refractivity contribution in [1.29, 1.82) is 10.5 Å². The van der Waals surface area contributed by atoms with Crippen LogP contribution in [0.25, 0.3) is 0 Å². The molecule has 15 heavy (non-hydrogen) atoms. The number of ketones is 1. The molecular weight excluding hydrogens is 192 g/mol. The summed E-state index contributed by atoms with van der Waals surface area (Å²) in [5, 5.41) is 17.4. The molecule has 0 aromatic heterocycles. The second kappa shape index (κ2) is 4.91. The summed E-state index contributed by atoms with van der Waals surface area (Å²) < 4.78 is 5.18. The smallest absolute Gasteiger partial charge is 0.153 e. The summed E-state index contributed by atoms with van der Waals surface area (Å²) in [4.78, 5) is 11.4. The Kier molecular flexibility index (Phi) is 3.82. The maximum atomic E-state index is 11.4. The molecule has 0 bridgehead atoms. The molecular formula is C11H14N2O2. The molecule has 80 valence electrons. The number of rotatable bonds is 3. The molecule has 0 spiro atoms. The van der Waals surface area contributed by atoms with Gasteiger partial charge in [0.1, 0.15) is 5.78 Å². The molecule has 1 fully saturated rings. The highest BCUT2D eigenvalue weighted by molar-refractivity contribution is 5.82. The zero-order valence-corrected chi connectivity index (χ0v) is 8.82. The minimum atomic E-state index is -0.705. The van der Waals surface area contributed by atoms with Crippen LogP contribution < -0.4 is 0 Å². The van der Waals surface area contributed by atoms with Crippen molar-refractivity contribution < 1.29 is 9.53 Å². The van der Waals surface area contributed by atoms with E-state index in [2.05, 4.69) is 6.07 Å². The van der Waals surface area contributed by atoms with Gasteiger partial charge in [-0.05, 0) is 25.7 Å². The fraction of sp³-hybridized carbons (Fsp3) is 0.727. The Morgan fingerprint density at radius 1 is 1.47 bits per heavy atom. The van der Waals surface area contributed by atoms with Crippen molar-refractivity contribution in [2.24, 2.45) is 5.92 Å². The third-order valence-electron chi connectivity index (χ3n) is 3.10. The van der Waals surface area contributed by atoms with E-state index in [1.807, 2.05) is 6.07 Å². The first-order chi connectivity index (χ1) is 7.17. The van der Waals surface area contributed by atoms with Crippen LogP contribution >= 0.6 is 0 Å². The van der Waals surface area contributed by atoms with Gasteiger partial charge in [0.2, 0.25) is 0 Å². The number of carbonyl (C=O) groups excluding carboxylic acids is 1. The minimum Gasteiger partial charge on any atom is -0.363 e. The predicted octanol–water partition coefficient (Wildman–Crippen LogP) is 1.57. The minimum absolute atomic E-state index is 0.000132. The molecule has 0 N–H and O–H groups in total. The second-order valence-electron chi connectivity index (χ2n) is 3.89. The van der Waals surface area contributed by atoms with Gasteiger partial charge < -0.3 is 4.74 Å². The number of nitriles is 2. The van der Waals surface area contributed by atoms with E-state index in [4.69, 9.17) is 15.3 Å². The molecule has 1 rings (SSSR count). The molecule has 1 aliphatic carbocycles. The molecule has 0 aromatic rings. The number of Topliss-reactive ketones (excluding diaryl/α,β-unsaturated/α-hetero) is 1. The largest absolute Gasteiger partial charge is 0.363 e. The summed E-state index contributed by atoms with van der Waals surface area (Å²) in [5.74, 6) is -0.0542. The second-order valence-corrected chi connectivity index (χ2v) is 3.89. The molecule has 0 amide bonds. The van der Waals surface area contributed by atoms with Crippen LogP contribution in [0.3, 0.4) is 0 Å². The van der Waals surface area contributed by atoms with Crippen LogP contribution in [0.5, 0.6) is 0 Å². The van der Waals surface area contributed by atoms with Gasteiger partial charge in [-0.1, -0.05) is 0 Å². The summed E-state index contributed by atoms with van der Waals surface area (Å²) in [7, 11) is 1.53. The predicted molar refractivity (Wildman–Crippen MR) is 52.5 cm³/mol. The molecule has 0 saturated heterocycles. The Bertz CT molecular complexity index is 316. The molecule has 1 saturated carbocycles. The van der Waals surface area contributed by atoms with Gasteiger partial charge in [-0.15, -0.1) is 0 Å². The Balaban J connectivity index is 2.53. The SMILES string of the molecule is COC1(C#N)CCC(C(=O)CC#N)CC1. The summed E-state index contributed by atoms with van der Waals surface area (Å²) in [6.07, 6.45) is 2.46. The van der Waals surface area contributed by atoms with Crippen molar-refractivity contribution in [1.82, 2.24) is 0 Å². The zero-order valence-electron chi connectivity index (χ0n) is 8.82. The number of nitrogens with zero attached hydrogens (tertiary/aromatic N) is 2. The number of hydrogen-bond donors (Lipinski definition) is 0. The van der Waals surface area contributed by atoms with E-state index in [1.165, 1.54) is 7.11 Å². The summed E-state index contributed by atoms with van der Waals surface area (Å²) in [6, 6.07) is 4.03. The first kappa shape index (κ1) is 11.7. The van der Waals surface area contributed by atoms with Crippen LogP contribution in [0, 0.1) is 28.6 Å². The van der Waals surface area contributed by atoms with E-state index in [0.29, 0.717) is 25.7 Å². The third-order valence-corrected chi connectivity index (χ3v) is 3.10. The highest BCUT2D eigenvalue weighted by atomic mass is 16.5. The standard InChI is InChI=1S/C11H14N2O2/c1-15-11(8-13)5-2-9(3-6-11)10(14)4-7-12/h9H,2-6H2,1H3. The fourth-order valence-corrected chi connectivity index (χ4v) is 1.99. The van der Waals surface area contributed by atoms with E-state index < -0.39 is 5.60 Å². The van der Waals surface area contributed by atoms with Crippen LogP contribution in [-0.2, 0) is 9.53 Å². The zero-order chi connectivity index (χ0) is 11.3. The van der Waals surface area contributed by atoms with Crippen LogP contribution in [0.1, 0.15) is 32.1 Å². The lowest BCUT2D eigenvalue weighted by atomic mass is 9.77. The average Bonchev–Trinajstić information content (AvgIpc) is 2.29. The topological polar surface area (TPSA) is 73.9 Å². The van der Waals surface area contributed by atoms with Crippen LogP contribution in [-0.4, -0.2) is 18.5 Å². The Hall–Kier alpha value is -1.39. The van der Waals surface area contributed by atoms with Crippen molar-refractivity contribution in [3.05, 3.63) is 0 Å². The van der Waals surface area contributed by atoms with E-state index in [-0.39, 0.29) is 18.1 Å². The maximum Gasteiger partial charge on any atom is 0.153 e. The van der Waals surface area contributed by atoms with E-state index in [9.17, 15) is 4.79 Å². The molecule has 0 aliphatic heterocycles. The van der Waals surface area contributed by atoms with Crippen molar-refractivity contribution in [2.45, 2.75) is 37.7 Å². The Morgan fingerprint density at radius 3 is 2.47 bits per heavy atom. The number of hydrogen-bond acceptors (Lipinski definition) is 4.